The third-order valence-corrected chi connectivity index (χ3v) is 2.53. The van der Waals surface area contributed by atoms with Gasteiger partial charge in [0.1, 0.15) is 11.6 Å². The molecule has 1 fully saturated rings. The second-order valence-corrected chi connectivity index (χ2v) is 4.19. The molecule has 0 N–H and O–H groups in total. The first-order valence-corrected chi connectivity index (χ1v) is 5.15. The lowest BCUT2D eigenvalue weighted by Gasteiger charge is -2.15. The fourth-order valence-electron chi connectivity index (χ4n) is 1.51. The number of anilines is 1. The molecule has 0 bridgehead atoms. The topological polar surface area (TPSA) is 46.1 Å². The average Bonchev–Trinajstić information content (AvgIpc) is 2.99. The van der Waals surface area contributed by atoms with E-state index in [4.69, 9.17) is 0 Å². The fraction of sp³-hybridized carbons (Fsp3) is 0.545. The van der Waals surface area contributed by atoms with Gasteiger partial charge in [-0.1, -0.05) is 0 Å². The molecule has 0 aliphatic heterocycles. The molecule has 1 aromatic heterocycles. The molecule has 15 heavy (non-hydrogen) atoms. The summed E-state index contributed by atoms with van der Waals surface area (Å²) in [6.07, 6.45) is 4.00. The van der Waals surface area contributed by atoms with Crippen LogP contribution in [0.15, 0.2) is 6.20 Å². The van der Waals surface area contributed by atoms with Crippen molar-refractivity contribution in [1.29, 1.82) is 0 Å². The van der Waals surface area contributed by atoms with Crippen LogP contribution in [0.2, 0.25) is 0 Å². The Hall–Kier alpha value is -1.45. The van der Waals surface area contributed by atoms with Crippen LogP contribution in [0.25, 0.3) is 0 Å². The second kappa shape index (κ2) is 3.61. The molecule has 1 aromatic rings. The minimum atomic E-state index is 0.0149. The summed E-state index contributed by atoms with van der Waals surface area (Å²) in [5.74, 6) is 2.15. The van der Waals surface area contributed by atoms with Crippen molar-refractivity contribution in [3.05, 3.63) is 17.6 Å². The number of ketones is 1. The highest BCUT2D eigenvalue weighted by atomic mass is 16.1. The molecular weight excluding hydrogens is 190 g/mol. The molecule has 1 saturated carbocycles. The highest BCUT2D eigenvalue weighted by Crippen LogP contribution is 2.38. The zero-order valence-corrected chi connectivity index (χ0v) is 9.32. The molecule has 0 saturated heterocycles. The first-order chi connectivity index (χ1) is 7.09. The van der Waals surface area contributed by atoms with Crippen LogP contribution >= 0.6 is 0 Å². The van der Waals surface area contributed by atoms with Crippen LogP contribution in [-0.2, 0) is 0 Å². The molecule has 1 aliphatic carbocycles. The fourth-order valence-corrected chi connectivity index (χ4v) is 1.51. The van der Waals surface area contributed by atoms with Gasteiger partial charge in [0.25, 0.3) is 0 Å². The van der Waals surface area contributed by atoms with Crippen LogP contribution in [0.1, 0.15) is 41.9 Å². The maximum Gasteiger partial charge on any atom is 0.165 e. The van der Waals surface area contributed by atoms with E-state index in [0.717, 1.165) is 11.6 Å². The minimum absolute atomic E-state index is 0.0149. The third-order valence-electron chi connectivity index (χ3n) is 2.53. The van der Waals surface area contributed by atoms with Crippen LogP contribution in [0.3, 0.4) is 0 Å². The number of carbonyl (C=O) groups excluding carboxylic acids is 1. The van der Waals surface area contributed by atoms with E-state index in [2.05, 4.69) is 9.97 Å². The van der Waals surface area contributed by atoms with Crippen LogP contribution in [0.5, 0.6) is 0 Å². The van der Waals surface area contributed by atoms with Crippen molar-refractivity contribution in [2.45, 2.75) is 25.7 Å². The second-order valence-electron chi connectivity index (χ2n) is 4.19. The van der Waals surface area contributed by atoms with Crippen molar-refractivity contribution in [3.8, 4) is 0 Å². The van der Waals surface area contributed by atoms with Gasteiger partial charge in [0.05, 0.1) is 5.56 Å². The van der Waals surface area contributed by atoms with Crippen molar-refractivity contribution in [3.63, 3.8) is 0 Å². The summed E-state index contributed by atoms with van der Waals surface area (Å²) in [7, 11) is 3.79. The highest BCUT2D eigenvalue weighted by molar-refractivity contribution is 5.98. The maximum absolute atomic E-state index is 11.4. The maximum atomic E-state index is 11.4. The summed E-state index contributed by atoms with van der Waals surface area (Å²) in [5.41, 5.74) is 0.601. The molecule has 0 aromatic carbocycles. The number of carbonyl (C=O) groups is 1. The van der Waals surface area contributed by atoms with Gasteiger partial charge in [-0.2, -0.15) is 0 Å². The van der Waals surface area contributed by atoms with E-state index in [9.17, 15) is 4.79 Å². The predicted molar refractivity (Wildman–Crippen MR) is 58.3 cm³/mol. The van der Waals surface area contributed by atoms with Crippen molar-refractivity contribution in [2.75, 3.05) is 19.0 Å². The highest BCUT2D eigenvalue weighted by Gasteiger charge is 2.27. The number of hydrogen-bond donors (Lipinski definition) is 0. The van der Waals surface area contributed by atoms with E-state index >= 15 is 0 Å². The molecule has 80 valence electrons. The van der Waals surface area contributed by atoms with Gasteiger partial charge in [0.15, 0.2) is 5.78 Å². The molecule has 0 spiro atoms. The van der Waals surface area contributed by atoms with Gasteiger partial charge in [-0.25, -0.2) is 9.97 Å². The zero-order chi connectivity index (χ0) is 11.0. The normalized spacial score (nSPS) is 15.1. The van der Waals surface area contributed by atoms with E-state index in [1.807, 2.05) is 19.0 Å². The predicted octanol–water partition coefficient (Wildman–Crippen LogP) is 1.62. The average molecular weight is 205 g/mol. The van der Waals surface area contributed by atoms with Crippen LogP contribution < -0.4 is 4.90 Å². The zero-order valence-electron chi connectivity index (χ0n) is 9.32. The monoisotopic (exact) mass is 205 g/mol. The van der Waals surface area contributed by atoms with Gasteiger partial charge in [0.2, 0.25) is 0 Å². The summed E-state index contributed by atoms with van der Waals surface area (Å²) in [6.45, 7) is 1.54. The Balaban J connectivity index is 2.43. The number of Topliss-reactive ketones (excluding diaryl/α,β-unsaturated/α-hetero) is 1. The van der Waals surface area contributed by atoms with E-state index in [1.54, 1.807) is 13.1 Å². The summed E-state index contributed by atoms with van der Waals surface area (Å²) in [6, 6.07) is 0. The van der Waals surface area contributed by atoms with Crippen LogP contribution in [-0.4, -0.2) is 29.8 Å². The number of nitrogens with zero attached hydrogens (tertiary/aromatic N) is 3. The van der Waals surface area contributed by atoms with Crippen molar-refractivity contribution in [1.82, 2.24) is 9.97 Å². The molecule has 4 heteroatoms. The van der Waals surface area contributed by atoms with Gasteiger partial charge in [-0.3, -0.25) is 4.79 Å². The molecule has 0 radical (unpaired) electrons. The quantitative estimate of drug-likeness (QED) is 0.703. The molecular formula is C11H15N3O. The SMILES string of the molecule is CC(=O)c1cnc(C2CC2)nc1N(C)C. The van der Waals surface area contributed by atoms with Crippen molar-refractivity contribution >= 4 is 11.6 Å². The lowest BCUT2D eigenvalue weighted by molar-refractivity contribution is 0.101. The molecule has 0 unspecified atom stereocenters. The Bertz CT molecular complexity index is 397. The summed E-state index contributed by atoms with van der Waals surface area (Å²) >= 11 is 0. The number of rotatable bonds is 3. The molecule has 4 nitrogen and oxygen atoms in total. The first-order valence-electron chi connectivity index (χ1n) is 5.15. The molecule has 0 amide bonds. The van der Waals surface area contributed by atoms with Gasteiger partial charge < -0.3 is 4.90 Å². The molecule has 2 rings (SSSR count). The Morgan fingerprint density at radius 2 is 2.13 bits per heavy atom. The molecule has 1 aliphatic rings. The summed E-state index contributed by atoms with van der Waals surface area (Å²) in [5, 5.41) is 0. The number of aromatic nitrogens is 2. The van der Waals surface area contributed by atoms with Gasteiger partial charge >= 0.3 is 0 Å². The van der Waals surface area contributed by atoms with Crippen molar-refractivity contribution in [2.24, 2.45) is 0 Å². The Morgan fingerprint density at radius 3 is 2.60 bits per heavy atom. The van der Waals surface area contributed by atoms with E-state index < -0.39 is 0 Å². The summed E-state index contributed by atoms with van der Waals surface area (Å²) in [4.78, 5) is 21.9. The Kier molecular flexibility index (Phi) is 2.42. The first kappa shape index (κ1) is 10.1. The minimum Gasteiger partial charge on any atom is -0.362 e. The Morgan fingerprint density at radius 1 is 1.47 bits per heavy atom. The van der Waals surface area contributed by atoms with Crippen LogP contribution in [0, 0.1) is 0 Å². The number of hydrogen-bond acceptors (Lipinski definition) is 4. The third kappa shape index (κ3) is 1.98. The smallest absolute Gasteiger partial charge is 0.165 e. The standard InChI is InChI=1S/C11H15N3O/c1-7(15)9-6-12-10(8-4-5-8)13-11(9)14(2)3/h6,8H,4-5H2,1-3H3. The molecule has 0 atom stereocenters. The lowest BCUT2D eigenvalue weighted by Crippen LogP contribution is -2.16. The van der Waals surface area contributed by atoms with E-state index in [-0.39, 0.29) is 5.78 Å². The summed E-state index contributed by atoms with van der Waals surface area (Å²) < 4.78 is 0. The van der Waals surface area contributed by atoms with Crippen LogP contribution in [0.4, 0.5) is 5.82 Å². The molecule has 1 heterocycles. The Labute approximate surface area is 89.3 Å². The lowest BCUT2D eigenvalue weighted by atomic mass is 10.2. The van der Waals surface area contributed by atoms with Gasteiger partial charge in [-0.15, -0.1) is 0 Å². The van der Waals surface area contributed by atoms with Gasteiger partial charge in [-0.05, 0) is 19.8 Å². The van der Waals surface area contributed by atoms with Crippen molar-refractivity contribution < 1.29 is 4.79 Å². The van der Waals surface area contributed by atoms with E-state index in [1.165, 1.54) is 12.8 Å². The van der Waals surface area contributed by atoms with Gasteiger partial charge in [0, 0.05) is 26.2 Å². The van der Waals surface area contributed by atoms with E-state index in [0.29, 0.717) is 11.5 Å². The largest absolute Gasteiger partial charge is 0.362 e.